The number of phosphoric acid groups is 1. The number of thioether (sulfide) groups is 1. The molecule has 10 N–H and O–H groups in total. The molecule has 1 rings (SSSR count). The van der Waals surface area contributed by atoms with Crippen LogP contribution in [0.4, 0.5) is 0 Å². The third kappa shape index (κ3) is 33.2. The number of aliphatic carboxylic acids is 1. The van der Waals surface area contributed by atoms with Crippen molar-refractivity contribution in [3.05, 3.63) is 48.6 Å². The van der Waals surface area contributed by atoms with Crippen LogP contribution >= 0.6 is 19.6 Å². The summed E-state index contributed by atoms with van der Waals surface area (Å²) in [4.78, 5) is 47.7. The highest BCUT2D eigenvalue weighted by Crippen LogP contribution is 2.47. The second kappa shape index (κ2) is 41.8. The molecule has 412 valence electrons. The number of ether oxygens (including phenoxy) is 2. The monoisotopic (exact) mass is 1050 g/mol. The predicted molar refractivity (Wildman–Crippen MR) is 277 cm³/mol. The second-order valence-electron chi connectivity index (χ2n) is 18.6. The second-order valence-corrected chi connectivity index (χ2v) is 21.2. The minimum absolute atomic E-state index is 0.00321. The van der Waals surface area contributed by atoms with E-state index >= 15 is 0 Å². The van der Waals surface area contributed by atoms with Crippen molar-refractivity contribution in [1.82, 2.24) is 0 Å². The van der Waals surface area contributed by atoms with E-state index in [2.05, 4.69) is 26.0 Å². The smallest absolute Gasteiger partial charge is 0.472 e. The molecule has 0 aromatic carbocycles. The molecule has 0 amide bonds. The lowest BCUT2D eigenvalue weighted by Crippen LogP contribution is -2.64. The number of aliphatic hydroxyl groups excluding tert-OH is 6. The molecule has 1 aliphatic carbocycles. The van der Waals surface area contributed by atoms with Gasteiger partial charge in [0.2, 0.25) is 0 Å². The van der Waals surface area contributed by atoms with Gasteiger partial charge in [-0.15, -0.1) is 11.8 Å². The number of aliphatic hydroxyl groups is 6. The number of carboxylic acids is 1. The molecule has 71 heavy (non-hydrogen) atoms. The number of hydrogen-bond donors (Lipinski definition) is 9. The molecule has 0 aromatic rings. The van der Waals surface area contributed by atoms with Crippen LogP contribution in [0, 0.1) is 0 Å². The number of nitrogens with two attached hydrogens (primary N) is 1. The lowest BCUT2D eigenvalue weighted by atomic mass is 9.85. The third-order valence-corrected chi connectivity index (χ3v) is 14.6. The van der Waals surface area contributed by atoms with Gasteiger partial charge >= 0.3 is 25.7 Å². The zero-order valence-corrected chi connectivity index (χ0v) is 44.4. The molecular formula is C52H92NO16PS. The van der Waals surface area contributed by atoms with Crippen LogP contribution in [0.3, 0.4) is 0 Å². The summed E-state index contributed by atoms with van der Waals surface area (Å²) in [5.74, 6) is -2.67. The van der Waals surface area contributed by atoms with Gasteiger partial charge in [0.15, 0.2) is 6.10 Å². The number of hydrogen-bond acceptors (Lipinski definition) is 16. The average Bonchev–Trinajstić information content (AvgIpc) is 3.34. The summed E-state index contributed by atoms with van der Waals surface area (Å²) in [5.41, 5.74) is 6.19. The summed E-state index contributed by atoms with van der Waals surface area (Å²) in [7, 11) is -5.26. The van der Waals surface area contributed by atoms with E-state index in [0.717, 1.165) is 50.3 Å². The molecule has 0 radical (unpaired) electrons. The van der Waals surface area contributed by atoms with Gasteiger partial charge in [-0.05, 0) is 38.5 Å². The first-order chi connectivity index (χ1) is 34.0. The van der Waals surface area contributed by atoms with Crippen molar-refractivity contribution in [2.24, 2.45) is 5.73 Å². The van der Waals surface area contributed by atoms with Crippen LogP contribution in [-0.4, -0.2) is 138 Å². The fourth-order valence-electron chi connectivity index (χ4n) is 7.79. The van der Waals surface area contributed by atoms with Gasteiger partial charge in [0, 0.05) is 23.8 Å². The van der Waals surface area contributed by atoms with Crippen LogP contribution in [-0.2, 0) is 37.5 Å². The Kier molecular flexibility index (Phi) is 39.2. The maximum absolute atomic E-state index is 13.1. The molecule has 1 aliphatic rings. The fraction of sp³-hybridized carbons (Fsp3) is 0.788. The summed E-state index contributed by atoms with van der Waals surface area (Å²) in [6, 6.07) is -1.25. The fourth-order valence-corrected chi connectivity index (χ4v) is 9.89. The Morgan fingerprint density at radius 2 is 1.17 bits per heavy atom. The Hall–Kier alpha value is -2.45. The van der Waals surface area contributed by atoms with Gasteiger partial charge in [-0.25, -0.2) is 4.57 Å². The van der Waals surface area contributed by atoms with Crippen molar-refractivity contribution in [2.45, 2.75) is 241 Å². The largest absolute Gasteiger partial charge is 0.481 e. The number of allylic oxidation sites excluding steroid dienone is 7. The number of carbonyl (C=O) groups excluding carboxylic acids is 2. The first-order valence-corrected chi connectivity index (χ1v) is 28.9. The molecule has 11 atom stereocenters. The molecule has 1 saturated carbocycles. The summed E-state index contributed by atoms with van der Waals surface area (Å²) in [6.45, 7) is 2.85. The zero-order valence-electron chi connectivity index (χ0n) is 42.7. The summed E-state index contributed by atoms with van der Waals surface area (Å²) >= 11 is 1.15. The SMILES string of the molecule is CCCCC/C=C\C\C=C/C=C/C=C/[C@@H](SC[C@H](N)C(=O)OC[C@H](COP(=O)(O)OC1[C@H](O)[C@H](O)C(O)[C@H](O)[C@H]1O)OC(=O)CCCCCCCCCCCCCCCCCCC)[C@@H](O)CCCC(=O)O. The summed E-state index contributed by atoms with van der Waals surface area (Å²) in [5, 5.41) is 70.0. The highest BCUT2D eigenvalue weighted by molar-refractivity contribution is 8.00. The van der Waals surface area contributed by atoms with Crippen molar-refractivity contribution in [2.75, 3.05) is 19.0 Å². The van der Waals surface area contributed by atoms with Gasteiger partial charge in [0.05, 0.1) is 12.7 Å². The van der Waals surface area contributed by atoms with E-state index in [-0.39, 0.29) is 31.4 Å². The molecule has 0 aliphatic heterocycles. The normalized spacial score (nSPS) is 22.3. The first kappa shape index (κ1) is 66.6. The van der Waals surface area contributed by atoms with Crippen LogP contribution in [0.2, 0.25) is 0 Å². The molecule has 0 spiro atoms. The first-order valence-electron chi connectivity index (χ1n) is 26.4. The molecule has 3 unspecified atom stereocenters. The lowest BCUT2D eigenvalue weighted by Gasteiger charge is -2.41. The molecule has 19 heteroatoms. The molecule has 1 fully saturated rings. The van der Waals surface area contributed by atoms with E-state index in [1.54, 1.807) is 18.2 Å². The number of phosphoric ester groups is 1. The van der Waals surface area contributed by atoms with Crippen molar-refractivity contribution in [3.8, 4) is 0 Å². The van der Waals surface area contributed by atoms with Gasteiger partial charge in [0.1, 0.15) is 49.3 Å². The predicted octanol–water partition coefficient (Wildman–Crippen LogP) is 8.04. The van der Waals surface area contributed by atoms with Crippen LogP contribution < -0.4 is 5.73 Å². The van der Waals surface area contributed by atoms with E-state index in [1.165, 1.54) is 96.3 Å². The quantitative estimate of drug-likeness (QED) is 0.00917. The lowest BCUT2D eigenvalue weighted by molar-refractivity contribution is -0.220. The number of esters is 2. The van der Waals surface area contributed by atoms with E-state index < -0.39 is 99.1 Å². The van der Waals surface area contributed by atoms with Crippen LogP contribution in [0.5, 0.6) is 0 Å². The van der Waals surface area contributed by atoms with E-state index in [9.17, 15) is 54.5 Å². The van der Waals surface area contributed by atoms with Crippen molar-refractivity contribution in [1.29, 1.82) is 0 Å². The Bertz CT molecular complexity index is 1550. The van der Waals surface area contributed by atoms with Crippen molar-refractivity contribution >= 4 is 37.5 Å². The number of unbranched alkanes of at least 4 members (excludes halogenated alkanes) is 19. The average molecular weight is 1050 g/mol. The van der Waals surface area contributed by atoms with Crippen molar-refractivity contribution < 1.29 is 78.1 Å². The van der Waals surface area contributed by atoms with E-state index in [4.69, 9.17) is 29.4 Å². The highest BCUT2D eigenvalue weighted by atomic mass is 32.2. The molecule has 17 nitrogen and oxygen atoms in total. The Labute approximate surface area is 428 Å². The maximum Gasteiger partial charge on any atom is 0.472 e. The Morgan fingerprint density at radius 1 is 0.648 bits per heavy atom. The van der Waals surface area contributed by atoms with Gasteiger partial charge in [-0.2, -0.15) is 0 Å². The molecule has 0 saturated heterocycles. The standard InChI is InChI=1S/C52H92NO16PS/c1-3-5-7-9-11-13-15-17-18-19-20-21-23-25-27-29-31-36-45(57)68-40(38-67-70(64,65)69-51-49(61)47(59)46(58)48(60)50(51)62)37-66-52(63)41(53)39-71-43(42(54)33-32-35-44(55)56)34-30-28-26-24-22-16-14-12-10-8-6-4-2/h12,14,22,24,26,28,30,34,40-43,46-51,54,58-62H,3-11,13,15-21,23,25,27,29,31-33,35-39,53H2,1-2H3,(H,55,56)(H,64,65)/b14-12-,24-22-,28-26+,34-30+/t40-,41+,42+,43-,46?,47-,48+,49-,50-,51?/m1/s1. The summed E-state index contributed by atoms with van der Waals surface area (Å²) < 4.78 is 33.7. The third-order valence-electron chi connectivity index (χ3n) is 12.2. The van der Waals surface area contributed by atoms with Gasteiger partial charge in [-0.1, -0.05) is 178 Å². The Morgan fingerprint density at radius 3 is 1.73 bits per heavy atom. The van der Waals surface area contributed by atoms with E-state index in [1.807, 2.05) is 18.2 Å². The van der Waals surface area contributed by atoms with Crippen LogP contribution in [0.1, 0.15) is 181 Å². The van der Waals surface area contributed by atoms with Gasteiger partial charge in [-0.3, -0.25) is 23.4 Å². The number of carboxylic acid groups (broad SMARTS) is 1. The van der Waals surface area contributed by atoms with Crippen LogP contribution in [0.25, 0.3) is 0 Å². The van der Waals surface area contributed by atoms with Gasteiger partial charge in [0.25, 0.3) is 0 Å². The topological polar surface area (TPSA) is 293 Å². The van der Waals surface area contributed by atoms with E-state index in [0.29, 0.717) is 6.42 Å². The molecule has 0 heterocycles. The van der Waals surface area contributed by atoms with Crippen molar-refractivity contribution in [3.63, 3.8) is 0 Å². The minimum Gasteiger partial charge on any atom is -0.481 e. The van der Waals surface area contributed by atoms with Crippen LogP contribution in [0.15, 0.2) is 48.6 Å². The maximum atomic E-state index is 13.1. The molecule has 0 bridgehead atoms. The molecular weight excluding hydrogens is 958 g/mol. The minimum atomic E-state index is -5.26. The number of rotatable bonds is 44. The highest BCUT2D eigenvalue weighted by Gasteiger charge is 2.51. The van der Waals surface area contributed by atoms with Gasteiger partial charge < -0.3 is 55.8 Å². The number of carbonyl (C=O) groups is 3. The molecule has 0 aromatic heterocycles. The Balaban J connectivity index is 2.81. The summed E-state index contributed by atoms with van der Waals surface area (Å²) in [6.07, 6.45) is 26.0. The zero-order chi connectivity index (χ0) is 52.7.